The van der Waals surface area contributed by atoms with Gasteiger partial charge in [0.15, 0.2) is 6.10 Å². The van der Waals surface area contributed by atoms with Gasteiger partial charge < -0.3 is 14.2 Å². The highest BCUT2D eigenvalue weighted by atomic mass is 16.6. The summed E-state index contributed by atoms with van der Waals surface area (Å²) in [5.74, 6) is -0.402. The number of hydrogen-bond acceptors (Lipinski definition) is 5. The van der Waals surface area contributed by atoms with Gasteiger partial charge in [-0.05, 0) is 77.0 Å². The summed E-state index contributed by atoms with van der Waals surface area (Å²) in [5, 5.41) is 0. The number of rotatable bonds is 53. The first-order chi connectivity index (χ1) is 32.6. The average molecular weight is 924 g/mol. The van der Waals surface area contributed by atoms with Crippen LogP contribution in [-0.2, 0) is 23.8 Å². The van der Waals surface area contributed by atoms with E-state index in [1.807, 2.05) is 0 Å². The fourth-order valence-electron chi connectivity index (χ4n) is 8.25. The summed E-state index contributed by atoms with van der Waals surface area (Å²) in [4.78, 5) is 25.5. The van der Waals surface area contributed by atoms with Crippen molar-refractivity contribution in [2.75, 3.05) is 19.8 Å². The summed E-state index contributed by atoms with van der Waals surface area (Å²) in [6.45, 7) is 7.69. The summed E-state index contributed by atoms with van der Waals surface area (Å²) in [5.41, 5.74) is 0. The van der Waals surface area contributed by atoms with Gasteiger partial charge >= 0.3 is 11.9 Å². The molecule has 0 aliphatic rings. The van der Waals surface area contributed by atoms with E-state index in [0.717, 1.165) is 77.0 Å². The van der Waals surface area contributed by atoms with Gasteiger partial charge in [0.05, 0.1) is 6.61 Å². The molecule has 5 heteroatoms. The summed E-state index contributed by atoms with van der Waals surface area (Å²) in [6, 6.07) is 0. The van der Waals surface area contributed by atoms with Crippen LogP contribution in [0.3, 0.4) is 0 Å². The molecule has 0 radical (unpaired) electrons. The quantitative estimate of drug-likeness (QED) is 0.0346. The van der Waals surface area contributed by atoms with Crippen molar-refractivity contribution in [2.45, 2.75) is 297 Å². The van der Waals surface area contributed by atoms with Crippen LogP contribution in [0.5, 0.6) is 0 Å². The summed E-state index contributed by atoms with van der Waals surface area (Å²) in [6.07, 6.45) is 72.5. The third kappa shape index (κ3) is 54.2. The van der Waals surface area contributed by atoms with Crippen LogP contribution in [0.4, 0.5) is 0 Å². The topological polar surface area (TPSA) is 61.8 Å². The number of allylic oxidation sites excluding steroid dienone is 10. The van der Waals surface area contributed by atoms with Crippen molar-refractivity contribution in [2.24, 2.45) is 0 Å². The zero-order valence-electron chi connectivity index (χ0n) is 44.2. The molecule has 5 nitrogen and oxygen atoms in total. The Morgan fingerprint density at radius 3 is 1.15 bits per heavy atom. The number of carbonyl (C=O) groups is 2. The Morgan fingerprint density at radius 2 is 0.697 bits per heavy atom. The molecule has 0 saturated heterocycles. The Labute approximate surface area is 411 Å². The number of carbonyl (C=O) groups excluding carboxylic acids is 2. The second-order valence-electron chi connectivity index (χ2n) is 19.2. The molecule has 0 aliphatic carbocycles. The van der Waals surface area contributed by atoms with Crippen molar-refractivity contribution < 1.29 is 23.8 Å². The molecule has 0 N–H and O–H groups in total. The molecule has 0 bridgehead atoms. The molecule has 0 aromatic rings. The number of ether oxygens (including phenoxy) is 3. The normalized spacial score (nSPS) is 12.6. The van der Waals surface area contributed by atoms with Crippen LogP contribution >= 0.6 is 0 Å². The lowest BCUT2D eigenvalue weighted by Gasteiger charge is -2.18. The van der Waals surface area contributed by atoms with Crippen LogP contribution in [0.25, 0.3) is 0 Å². The lowest BCUT2D eigenvalue weighted by molar-refractivity contribution is -0.163. The van der Waals surface area contributed by atoms with Crippen LogP contribution < -0.4 is 0 Å². The first-order valence-corrected chi connectivity index (χ1v) is 28.8. The minimum Gasteiger partial charge on any atom is -0.462 e. The Bertz CT molecular complexity index is 1130. The molecule has 0 rings (SSSR count). The Morgan fingerprint density at radius 1 is 0.348 bits per heavy atom. The largest absolute Gasteiger partial charge is 0.462 e. The highest BCUT2D eigenvalue weighted by molar-refractivity contribution is 5.70. The molecular formula is C61H110O5. The Balaban J connectivity index is 4.20. The van der Waals surface area contributed by atoms with E-state index in [9.17, 15) is 9.59 Å². The zero-order valence-corrected chi connectivity index (χ0v) is 44.2. The highest BCUT2D eigenvalue weighted by Gasteiger charge is 2.17. The van der Waals surface area contributed by atoms with E-state index in [2.05, 4.69) is 81.5 Å². The van der Waals surface area contributed by atoms with E-state index in [1.165, 1.54) is 180 Å². The predicted octanol–water partition coefficient (Wildman–Crippen LogP) is 19.7. The van der Waals surface area contributed by atoms with Gasteiger partial charge in [-0.25, -0.2) is 0 Å². The minimum absolute atomic E-state index is 0.0797. The van der Waals surface area contributed by atoms with Gasteiger partial charge in [-0.15, -0.1) is 0 Å². The second-order valence-corrected chi connectivity index (χ2v) is 19.2. The van der Waals surface area contributed by atoms with Crippen LogP contribution in [0.1, 0.15) is 290 Å². The molecule has 0 saturated carbocycles. The van der Waals surface area contributed by atoms with Crippen molar-refractivity contribution in [1.29, 1.82) is 0 Å². The van der Waals surface area contributed by atoms with Gasteiger partial charge in [0.2, 0.25) is 0 Å². The van der Waals surface area contributed by atoms with E-state index >= 15 is 0 Å². The first kappa shape index (κ1) is 63.6. The molecule has 0 heterocycles. The van der Waals surface area contributed by atoms with E-state index in [4.69, 9.17) is 14.2 Å². The molecule has 0 aromatic heterocycles. The molecule has 66 heavy (non-hydrogen) atoms. The maximum absolute atomic E-state index is 12.8. The van der Waals surface area contributed by atoms with E-state index in [0.29, 0.717) is 19.4 Å². The molecule has 0 aliphatic heterocycles. The Kier molecular flexibility index (Phi) is 54.9. The maximum atomic E-state index is 12.8. The highest BCUT2D eigenvalue weighted by Crippen LogP contribution is 2.16. The van der Waals surface area contributed by atoms with Crippen molar-refractivity contribution in [3.05, 3.63) is 60.8 Å². The standard InChI is InChI=1S/C61H110O5/c1-4-7-10-13-16-19-22-24-26-28-30-32-34-36-38-41-44-47-50-53-56-64-57-59(66-61(63)55-52-49-46-43-39-21-18-15-12-9-6-3)58-65-60(62)54-51-48-45-42-40-37-35-33-31-29-27-25-23-20-17-14-11-8-5-2/h7,10,15-16,18-19,24,26,30,32,59H,4-6,8-9,11-14,17,20-23,25,27-29,31,33-58H2,1-3H3/b10-7-,18-15-,19-16-,26-24-,32-30-. The third-order valence-electron chi connectivity index (χ3n) is 12.5. The summed E-state index contributed by atoms with van der Waals surface area (Å²) in [7, 11) is 0. The molecule has 1 unspecified atom stereocenters. The molecule has 0 spiro atoms. The second kappa shape index (κ2) is 56.9. The van der Waals surface area contributed by atoms with E-state index in [-0.39, 0.29) is 25.2 Å². The lowest BCUT2D eigenvalue weighted by atomic mass is 10.0. The van der Waals surface area contributed by atoms with Gasteiger partial charge in [0.25, 0.3) is 0 Å². The number of unbranched alkanes of at least 4 members (excludes halogenated alkanes) is 32. The fourth-order valence-corrected chi connectivity index (χ4v) is 8.25. The molecule has 0 aromatic carbocycles. The maximum Gasteiger partial charge on any atom is 0.306 e. The number of esters is 2. The summed E-state index contributed by atoms with van der Waals surface area (Å²) >= 11 is 0. The molecular weight excluding hydrogens is 813 g/mol. The molecule has 384 valence electrons. The lowest BCUT2D eigenvalue weighted by Crippen LogP contribution is -2.30. The third-order valence-corrected chi connectivity index (χ3v) is 12.5. The number of hydrogen-bond donors (Lipinski definition) is 0. The fraction of sp³-hybridized carbons (Fsp3) is 0.803. The van der Waals surface area contributed by atoms with Crippen molar-refractivity contribution in [1.82, 2.24) is 0 Å². The minimum atomic E-state index is -0.545. The van der Waals surface area contributed by atoms with Crippen molar-refractivity contribution in [3.8, 4) is 0 Å². The van der Waals surface area contributed by atoms with Crippen LogP contribution in [-0.4, -0.2) is 37.9 Å². The predicted molar refractivity (Wildman–Crippen MR) is 288 cm³/mol. The SMILES string of the molecule is CC/C=C\C/C=C\C/C=C\C/C=C\CCCCCCCCCOCC(COC(=O)CCCCCCCCCCCCCCCCCCCCC)OC(=O)CCCCCCC/C=C\CCCC. The van der Waals surface area contributed by atoms with Crippen molar-refractivity contribution >= 4 is 11.9 Å². The zero-order chi connectivity index (χ0) is 47.7. The van der Waals surface area contributed by atoms with Gasteiger partial charge in [0, 0.05) is 19.4 Å². The smallest absolute Gasteiger partial charge is 0.306 e. The van der Waals surface area contributed by atoms with Gasteiger partial charge in [-0.2, -0.15) is 0 Å². The van der Waals surface area contributed by atoms with Crippen LogP contribution in [0.15, 0.2) is 60.8 Å². The Hall–Kier alpha value is -2.40. The average Bonchev–Trinajstić information content (AvgIpc) is 3.32. The van der Waals surface area contributed by atoms with Gasteiger partial charge in [0.1, 0.15) is 6.61 Å². The molecule has 1 atom stereocenters. The molecule has 0 fully saturated rings. The first-order valence-electron chi connectivity index (χ1n) is 28.8. The molecule has 0 amide bonds. The van der Waals surface area contributed by atoms with Crippen LogP contribution in [0.2, 0.25) is 0 Å². The van der Waals surface area contributed by atoms with E-state index in [1.54, 1.807) is 0 Å². The summed E-state index contributed by atoms with van der Waals surface area (Å²) < 4.78 is 17.5. The monoisotopic (exact) mass is 923 g/mol. The van der Waals surface area contributed by atoms with E-state index < -0.39 is 6.10 Å². The van der Waals surface area contributed by atoms with Crippen LogP contribution in [0, 0.1) is 0 Å². The van der Waals surface area contributed by atoms with Crippen molar-refractivity contribution in [3.63, 3.8) is 0 Å². The van der Waals surface area contributed by atoms with Gasteiger partial charge in [-0.1, -0.05) is 261 Å². The van der Waals surface area contributed by atoms with Gasteiger partial charge in [-0.3, -0.25) is 9.59 Å².